The number of para-hydroxylation sites is 1. The Morgan fingerprint density at radius 3 is 2.88 bits per heavy atom. The van der Waals surface area contributed by atoms with Crippen molar-refractivity contribution in [3.8, 4) is 0 Å². The normalized spacial score (nSPS) is 16.0. The number of thioether (sulfide) groups is 1. The number of benzene rings is 1. The Kier molecular flexibility index (Phi) is 5.58. The quantitative estimate of drug-likeness (QED) is 0.489. The fourth-order valence-corrected chi connectivity index (χ4v) is 4.22. The predicted molar refractivity (Wildman–Crippen MR) is 102 cm³/mol. The van der Waals surface area contributed by atoms with E-state index in [9.17, 15) is 9.59 Å². The molecule has 0 unspecified atom stereocenters. The monoisotopic (exact) mass is 357 g/mol. The molecule has 1 fully saturated rings. The third-order valence-electron chi connectivity index (χ3n) is 4.54. The molecule has 0 radical (unpaired) electrons. The number of rotatable bonds is 6. The molecule has 25 heavy (non-hydrogen) atoms. The van der Waals surface area contributed by atoms with Gasteiger partial charge >= 0.3 is 0 Å². The summed E-state index contributed by atoms with van der Waals surface area (Å²) in [6, 6.07) is 7.59. The molecule has 1 aromatic carbocycles. The summed E-state index contributed by atoms with van der Waals surface area (Å²) in [6.45, 7) is 5.88. The minimum absolute atomic E-state index is 0.00120. The zero-order valence-electron chi connectivity index (χ0n) is 14.4. The Labute approximate surface area is 151 Å². The van der Waals surface area contributed by atoms with Crippen LogP contribution in [-0.4, -0.2) is 27.3 Å². The van der Waals surface area contributed by atoms with Gasteiger partial charge in [0.2, 0.25) is 5.91 Å². The van der Waals surface area contributed by atoms with Crippen LogP contribution < -0.4 is 10.9 Å². The summed E-state index contributed by atoms with van der Waals surface area (Å²) >= 11 is 1.35. The van der Waals surface area contributed by atoms with E-state index in [-0.39, 0.29) is 22.8 Å². The molecule has 1 N–H and O–H groups in total. The SMILES string of the molecule is C=CCNC(=O)[C@H](C)Sc1nc2ccccc2c(=O)n1C1CCCC1. The van der Waals surface area contributed by atoms with Gasteiger partial charge in [-0.1, -0.05) is 42.8 Å². The van der Waals surface area contributed by atoms with E-state index >= 15 is 0 Å². The molecular formula is C19H23N3O2S. The fraction of sp³-hybridized carbons (Fsp3) is 0.421. The van der Waals surface area contributed by atoms with Gasteiger partial charge in [-0.25, -0.2) is 4.98 Å². The molecule has 1 atom stereocenters. The van der Waals surface area contributed by atoms with Crippen molar-refractivity contribution in [1.29, 1.82) is 0 Å². The van der Waals surface area contributed by atoms with Crippen molar-refractivity contribution >= 4 is 28.6 Å². The lowest BCUT2D eigenvalue weighted by molar-refractivity contribution is -0.120. The first-order chi connectivity index (χ1) is 12.1. The van der Waals surface area contributed by atoms with Crippen LogP contribution in [0.3, 0.4) is 0 Å². The topological polar surface area (TPSA) is 64.0 Å². The Morgan fingerprint density at radius 2 is 2.16 bits per heavy atom. The number of nitrogens with zero attached hydrogens (tertiary/aromatic N) is 2. The van der Waals surface area contributed by atoms with Crippen molar-refractivity contribution < 1.29 is 4.79 Å². The van der Waals surface area contributed by atoms with Crippen LogP contribution in [0.15, 0.2) is 46.9 Å². The zero-order chi connectivity index (χ0) is 17.8. The summed E-state index contributed by atoms with van der Waals surface area (Å²) in [6.07, 6.45) is 5.89. The van der Waals surface area contributed by atoms with Gasteiger partial charge in [-0.2, -0.15) is 0 Å². The molecule has 1 amide bonds. The fourth-order valence-electron chi connectivity index (χ4n) is 3.22. The van der Waals surface area contributed by atoms with Crippen molar-refractivity contribution in [2.24, 2.45) is 0 Å². The van der Waals surface area contributed by atoms with Crippen molar-refractivity contribution in [3.05, 3.63) is 47.3 Å². The first-order valence-corrected chi connectivity index (χ1v) is 9.56. The lowest BCUT2D eigenvalue weighted by Crippen LogP contribution is -2.32. The number of fused-ring (bicyclic) bond motifs is 1. The highest BCUT2D eigenvalue weighted by molar-refractivity contribution is 8.00. The van der Waals surface area contributed by atoms with Crippen LogP contribution in [-0.2, 0) is 4.79 Å². The summed E-state index contributed by atoms with van der Waals surface area (Å²) in [7, 11) is 0. The van der Waals surface area contributed by atoms with Gasteiger partial charge in [-0.3, -0.25) is 14.2 Å². The average molecular weight is 357 g/mol. The van der Waals surface area contributed by atoms with E-state index in [1.165, 1.54) is 11.8 Å². The highest BCUT2D eigenvalue weighted by Gasteiger charge is 2.25. The molecule has 132 valence electrons. The smallest absolute Gasteiger partial charge is 0.262 e. The van der Waals surface area contributed by atoms with E-state index in [1.807, 2.05) is 35.8 Å². The van der Waals surface area contributed by atoms with Gasteiger partial charge in [-0.15, -0.1) is 6.58 Å². The van der Waals surface area contributed by atoms with Crippen LogP contribution in [0.5, 0.6) is 0 Å². The lowest BCUT2D eigenvalue weighted by Gasteiger charge is -2.20. The van der Waals surface area contributed by atoms with Crippen molar-refractivity contribution in [2.75, 3.05) is 6.54 Å². The molecule has 1 aromatic heterocycles. The second-order valence-electron chi connectivity index (χ2n) is 6.32. The van der Waals surface area contributed by atoms with Crippen LogP contribution in [0.4, 0.5) is 0 Å². The van der Waals surface area contributed by atoms with Gasteiger partial charge in [0.25, 0.3) is 5.56 Å². The molecule has 0 saturated heterocycles. The lowest BCUT2D eigenvalue weighted by atomic mass is 10.2. The molecule has 1 heterocycles. The molecule has 1 aliphatic carbocycles. The van der Waals surface area contributed by atoms with E-state index in [1.54, 1.807) is 6.08 Å². The number of aromatic nitrogens is 2. The molecule has 1 aliphatic rings. The Hall–Kier alpha value is -2.08. The molecule has 1 saturated carbocycles. The highest BCUT2D eigenvalue weighted by atomic mass is 32.2. The van der Waals surface area contributed by atoms with Gasteiger partial charge in [0.05, 0.1) is 16.2 Å². The maximum absolute atomic E-state index is 13.1. The van der Waals surface area contributed by atoms with Gasteiger partial charge in [0.1, 0.15) is 0 Å². The standard InChI is InChI=1S/C19H23N3O2S/c1-3-12-20-17(23)13(2)25-19-21-16-11-7-6-10-15(16)18(24)22(19)14-8-4-5-9-14/h3,6-7,10-11,13-14H,1,4-5,8-9,12H2,2H3,(H,20,23)/t13-/m0/s1. The Balaban J connectivity index is 2.00. The number of carbonyl (C=O) groups excluding carboxylic acids is 1. The van der Waals surface area contributed by atoms with Crippen molar-refractivity contribution in [3.63, 3.8) is 0 Å². The summed E-state index contributed by atoms with van der Waals surface area (Å²) < 4.78 is 1.82. The van der Waals surface area contributed by atoms with E-state index < -0.39 is 0 Å². The van der Waals surface area contributed by atoms with Gasteiger partial charge < -0.3 is 5.32 Å². The second-order valence-corrected chi connectivity index (χ2v) is 7.63. The molecule has 5 nitrogen and oxygen atoms in total. The predicted octanol–water partition coefficient (Wildman–Crippen LogP) is 3.29. The Morgan fingerprint density at radius 1 is 1.44 bits per heavy atom. The molecular weight excluding hydrogens is 334 g/mol. The molecule has 0 bridgehead atoms. The third-order valence-corrected chi connectivity index (χ3v) is 5.60. The molecule has 6 heteroatoms. The minimum Gasteiger partial charge on any atom is -0.352 e. The number of hydrogen-bond donors (Lipinski definition) is 1. The van der Waals surface area contributed by atoms with E-state index in [0.29, 0.717) is 22.6 Å². The average Bonchev–Trinajstić information content (AvgIpc) is 3.14. The third kappa shape index (κ3) is 3.79. The van der Waals surface area contributed by atoms with E-state index in [4.69, 9.17) is 4.98 Å². The van der Waals surface area contributed by atoms with Crippen LogP contribution in [0.25, 0.3) is 10.9 Å². The first kappa shape index (κ1) is 17.7. The minimum atomic E-state index is -0.333. The molecule has 2 aromatic rings. The summed E-state index contributed by atoms with van der Waals surface area (Å²) in [5, 5.41) is 3.74. The summed E-state index contributed by atoms with van der Waals surface area (Å²) in [5.41, 5.74) is 0.682. The van der Waals surface area contributed by atoms with Crippen molar-refractivity contribution in [2.45, 2.75) is 49.1 Å². The van der Waals surface area contributed by atoms with Crippen molar-refractivity contribution in [1.82, 2.24) is 14.9 Å². The van der Waals surface area contributed by atoms with Crippen LogP contribution in [0.2, 0.25) is 0 Å². The van der Waals surface area contributed by atoms with Gasteiger partial charge in [-0.05, 0) is 31.9 Å². The number of carbonyl (C=O) groups is 1. The van der Waals surface area contributed by atoms with E-state index in [2.05, 4.69) is 11.9 Å². The second kappa shape index (κ2) is 7.87. The molecule has 0 spiro atoms. The maximum atomic E-state index is 13.1. The van der Waals surface area contributed by atoms with Crippen LogP contribution in [0, 0.1) is 0 Å². The molecule has 3 rings (SSSR count). The van der Waals surface area contributed by atoms with Crippen LogP contribution >= 0.6 is 11.8 Å². The summed E-state index contributed by atoms with van der Waals surface area (Å²) in [5.74, 6) is -0.0784. The summed E-state index contributed by atoms with van der Waals surface area (Å²) in [4.78, 5) is 30.0. The highest BCUT2D eigenvalue weighted by Crippen LogP contribution is 2.33. The maximum Gasteiger partial charge on any atom is 0.262 e. The molecule has 0 aliphatic heterocycles. The zero-order valence-corrected chi connectivity index (χ0v) is 15.2. The van der Waals surface area contributed by atoms with Gasteiger partial charge in [0, 0.05) is 12.6 Å². The van der Waals surface area contributed by atoms with Crippen LogP contribution in [0.1, 0.15) is 38.6 Å². The van der Waals surface area contributed by atoms with E-state index in [0.717, 1.165) is 25.7 Å². The van der Waals surface area contributed by atoms with Gasteiger partial charge in [0.15, 0.2) is 5.16 Å². The number of amides is 1. The number of hydrogen-bond acceptors (Lipinski definition) is 4. The number of nitrogens with one attached hydrogen (secondary N) is 1. The first-order valence-electron chi connectivity index (χ1n) is 8.68. The Bertz CT molecular complexity index is 840. The largest absolute Gasteiger partial charge is 0.352 e.